The molecule has 2 aromatic carbocycles. The minimum absolute atomic E-state index is 0.140. The molecule has 262 valence electrons. The van der Waals surface area contributed by atoms with E-state index in [1.54, 1.807) is 6.07 Å². The number of alkyl halides is 4. The molecule has 9 nitrogen and oxygen atoms in total. The number of carbonyl (C=O) groups is 1. The van der Waals surface area contributed by atoms with E-state index in [0.717, 1.165) is 57.0 Å². The van der Waals surface area contributed by atoms with Gasteiger partial charge in [-0.25, -0.2) is 13.2 Å². The first-order valence-electron chi connectivity index (χ1n) is 16.0. The molecule has 0 aliphatic carbocycles. The molecule has 7 rings (SSSR count). The molecule has 5 heterocycles. The third kappa shape index (κ3) is 5.38. The Morgan fingerprint density at radius 3 is 2.62 bits per heavy atom. The molecule has 3 saturated heterocycles. The number of nitrogens with two attached hydrogens (primary N) is 1. The van der Waals surface area contributed by atoms with Gasteiger partial charge in [0, 0.05) is 29.9 Å². The number of fused-ring (bicyclic) bond motifs is 3. The van der Waals surface area contributed by atoms with Crippen LogP contribution >= 0.6 is 11.3 Å². The number of anilines is 2. The van der Waals surface area contributed by atoms with E-state index in [0.29, 0.717) is 17.4 Å². The highest BCUT2D eigenvalue weighted by Crippen LogP contribution is 2.48. The van der Waals surface area contributed by atoms with Gasteiger partial charge in [0.2, 0.25) is 5.91 Å². The van der Waals surface area contributed by atoms with Crippen molar-refractivity contribution in [3.05, 3.63) is 53.6 Å². The molecule has 3 aliphatic rings. The molecule has 0 saturated carbocycles. The molecule has 2 aromatic heterocycles. The summed E-state index contributed by atoms with van der Waals surface area (Å²) in [5.74, 6) is -3.03. The van der Waals surface area contributed by atoms with E-state index in [-0.39, 0.29) is 63.1 Å². The van der Waals surface area contributed by atoms with Crippen molar-refractivity contribution in [1.82, 2.24) is 19.8 Å². The van der Waals surface area contributed by atoms with Crippen LogP contribution in [0.5, 0.6) is 6.01 Å². The summed E-state index contributed by atoms with van der Waals surface area (Å²) in [6.45, 7) is 4.93. The average Bonchev–Trinajstić information content (AvgIpc) is 3.85. The monoisotopic (exact) mass is 715 g/mol. The van der Waals surface area contributed by atoms with Crippen molar-refractivity contribution in [3.63, 3.8) is 0 Å². The molecule has 0 radical (unpaired) electrons. The molecule has 0 bridgehead atoms. The van der Waals surface area contributed by atoms with E-state index in [1.165, 1.54) is 16.8 Å². The molecular weight excluding hydrogens is 684 g/mol. The van der Waals surface area contributed by atoms with Crippen LogP contribution in [0, 0.1) is 23.0 Å². The second-order valence-corrected chi connectivity index (χ2v) is 14.0. The Hall–Kier alpha value is -4.62. The van der Waals surface area contributed by atoms with Crippen LogP contribution in [0.3, 0.4) is 0 Å². The van der Waals surface area contributed by atoms with Crippen LogP contribution in [0.2, 0.25) is 0 Å². The zero-order valence-electron chi connectivity index (χ0n) is 26.8. The predicted molar refractivity (Wildman–Crippen MR) is 177 cm³/mol. The number of nitrogen functional groups attached to an aromatic ring is 1. The number of aromatic nitrogens is 2. The fraction of sp³-hybridized carbons (Fsp3) is 0.412. The summed E-state index contributed by atoms with van der Waals surface area (Å²) in [5, 5.41) is 9.02. The predicted octanol–water partition coefficient (Wildman–Crippen LogP) is 6.44. The first-order chi connectivity index (χ1) is 23.8. The fourth-order valence-electron chi connectivity index (χ4n) is 7.76. The van der Waals surface area contributed by atoms with Crippen molar-refractivity contribution < 1.29 is 35.9 Å². The van der Waals surface area contributed by atoms with Crippen LogP contribution in [-0.4, -0.2) is 83.3 Å². The van der Waals surface area contributed by atoms with Gasteiger partial charge < -0.3 is 20.3 Å². The zero-order valence-corrected chi connectivity index (χ0v) is 27.6. The van der Waals surface area contributed by atoms with E-state index in [2.05, 4.69) is 21.4 Å². The van der Waals surface area contributed by atoms with Crippen molar-refractivity contribution >= 4 is 49.1 Å². The van der Waals surface area contributed by atoms with Gasteiger partial charge in [-0.2, -0.15) is 28.4 Å². The molecule has 3 aliphatic heterocycles. The van der Waals surface area contributed by atoms with E-state index >= 15 is 8.78 Å². The maximum Gasteiger partial charge on any atom is 0.417 e. The van der Waals surface area contributed by atoms with E-state index in [1.807, 2.05) is 0 Å². The van der Waals surface area contributed by atoms with Crippen LogP contribution < -0.4 is 15.4 Å². The topological polar surface area (TPSA) is 112 Å². The number of thiophene rings is 1. The SMILES string of the molecule is C=CC(=O)N1C[C@@H](F)[C@@H](N(C)c2nc(OCC34CCCN3CCC4)nc3c(F)c(-c4ccc(F)c5sc(N)c(C#N)c45)c(C(F)(F)F)cc23)C1. The summed E-state index contributed by atoms with van der Waals surface area (Å²) in [4.78, 5) is 25.8. The molecule has 1 amide bonds. The normalized spacial score (nSPS) is 20.4. The van der Waals surface area contributed by atoms with Crippen LogP contribution in [0.1, 0.15) is 36.8 Å². The largest absolute Gasteiger partial charge is 0.461 e. The van der Waals surface area contributed by atoms with Crippen molar-refractivity contribution in [2.45, 2.75) is 49.6 Å². The first kappa shape index (κ1) is 33.9. The average molecular weight is 716 g/mol. The Morgan fingerprint density at radius 2 is 1.96 bits per heavy atom. The van der Waals surface area contributed by atoms with Gasteiger partial charge in [-0.3, -0.25) is 9.69 Å². The highest BCUT2D eigenvalue weighted by molar-refractivity contribution is 7.23. The smallest absolute Gasteiger partial charge is 0.417 e. The highest BCUT2D eigenvalue weighted by Gasteiger charge is 2.46. The minimum atomic E-state index is -5.17. The summed E-state index contributed by atoms with van der Waals surface area (Å²) in [6.07, 6.45) is -2.14. The van der Waals surface area contributed by atoms with E-state index in [4.69, 9.17) is 10.5 Å². The van der Waals surface area contributed by atoms with Gasteiger partial charge in [-0.15, -0.1) is 11.3 Å². The van der Waals surface area contributed by atoms with E-state index in [9.17, 15) is 27.6 Å². The molecule has 16 heteroatoms. The summed E-state index contributed by atoms with van der Waals surface area (Å²) in [5.41, 5.74) is 1.99. The lowest BCUT2D eigenvalue weighted by atomic mass is 9.92. The van der Waals surface area contributed by atoms with Gasteiger partial charge in [0.1, 0.15) is 41.0 Å². The third-order valence-corrected chi connectivity index (χ3v) is 11.2. The number of amides is 1. The number of halogens is 6. The lowest BCUT2D eigenvalue weighted by Gasteiger charge is -2.32. The molecule has 0 unspecified atom stereocenters. The van der Waals surface area contributed by atoms with Gasteiger partial charge >= 0.3 is 12.2 Å². The number of hydrogen-bond donors (Lipinski definition) is 1. The second kappa shape index (κ2) is 12.3. The van der Waals surface area contributed by atoms with Crippen molar-refractivity contribution in [3.8, 4) is 23.2 Å². The summed E-state index contributed by atoms with van der Waals surface area (Å²) in [7, 11) is 1.40. The number of benzene rings is 2. The van der Waals surface area contributed by atoms with Gasteiger partial charge in [-0.05, 0) is 62.5 Å². The van der Waals surface area contributed by atoms with Crippen LogP contribution in [0.25, 0.3) is 32.1 Å². The van der Waals surface area contributed by atoms with Gasteiger partial charge in [0.25, 0.3) is 0 Å². The number of carbonyl (C=O) groups excluding carboxylic acids is 1. The third-order valence-electron chi connectivity index (χ3n) is 10.2. The Labute approximate surface area is 286 Å². The second-order valence-electron chi connectivity index (χ2n) is 12.9. The first-order valence-corrected chi connectivity index (χ1v) is 16.8. The lowest BCUT2D eigenvalue weighted by molar-refractivity contribution is -0.137. The Kier molecular flexibility index (Phi) is 8.33. The maximum absolute atomic E-state index is 17.0. The lowest BCUT2D eigenvalue weighted by Crippen LogP contribution is -2.43. The zero-order chi connectivity index (χ0) is 35.7. The molecule has 50 heavy (non-hydrogen) atoms. The minimum Gasteiger partial charge on any atom is -0.461 e. The summed E-state index contributed by atoms with van der Waals surface area (Å²) >= 11 is 0.665. The standard InChI is InChI=1S/C34H31F6N7O2S/c1-3-24(48)46-14-22(36)23(15-46)45(2)31-18-12-20(34(38,39)40)26(17-6-7-21(35)29-25(17)19(13-41)30(42)50-29)27(37)28(18)43-32(44-31)49-16-33-8-4-10-47(33)11-5-9-33/h3,6-7,12,22-23H,1,4-5,8-11,14-16,42H2,2H3/t22-,23+/m1/s1. The Morgan fingerprint density at radius 1 is 1.24 bits per heavy atom. The van der Waals surface area contributed by atoms with Crippen molar-refractivity contribution in [1.29, 1.82) is 5.26 Å². The molecule has 4 aromatic rings. The number of hydrogen-bond acceptors (Lipinski definition) is 9. The van der Waals surface area contributed by atoms with Crippen molar-refractivity contribution in [2.24, 2.45) is 0 Å². The molecule has 2 N–H and O–H groups in total. The van der Waals surface area contributed by atoms with Gasteiger partial charge in [-0.1, -0.05) is 12.6 Å². The molecule has 3 fully saturated rings. The van der Waals surface area contributed by atoms with Gasteiger partial charge in [0.15, 0.2) is 5.82 Å². The summed E-state index contributed by atoms with van der Waals surface area (Å²) in [6, 6.07) is 2.94. The maximum atomic E-state index is 17.0. The van der Waals surface area contributed by atoms with E-state index < -0.39 is 58.1 Å². The number of rotatable bonds is 7. The van der Waals surface area contributed by atoms with Crippen LogP contribution in [-0.2, 0) is 11.0 Å². The van der Waals surface area contributed by atoms with Crippen molar-refractivity contribution in [2.75, 3.05) is 50.5 Å². The molecular formula is C34H31F6N7O2S. The summed E-state index contributed by atoms with van der Waals surface area (Å²) < 4.78 is 98.2. The number of likely N-dealkylation sites (N-methyl/N-ethyl adjacent to an activating group) is 1. The quantitative estimate of drug-likeness (QED) is 0.172. The Bertz CT molecular complexity index is 2090. The number of nitriles is 1. The number of nitrogens with zero attached hydrogens (tertiary/aromatic N) is 6. The van der Waals surface area contributed by atoms with Crippen LogP contribution in [0.15, 0.2) is 30.9 Å². The van der Waals surface area contributed by atoms with Gasteiger partial charge in [0.05, 0.1) is 34.0 Å². The number of likely N-dealkylation sites (tertiary alicyclic amines) is 1. The number of ether oxygens (including phenoxy) is 1. The van der Waals surface area contributed by atoms with Crippen LogP contribution in [0.4, 0.5) is 37.2 Å². The fourth-order valence-corrected chi connectivity index (χ4v) is 8.71. The Balaban J connectivity index is 1.45. The molecule has 2 atom stereocenters. The highest BCUT2D eigenvalue weighted by atomic mass is 32.1. The molecule has 0 spiro atoms.